The maximum Gasteiger partial charge on any atom is 0.309 e. The molecular weight excluding hydrogens is 338 g/mol. The summed E-state index contributed by atoms with van der Waals surface area (Å²) in [5, 5.41) is 10.9. The summed E-state index contributed by atoms with van der Waals surface area (Å²) in [6.07, 6.45) is 0.0740. The number of methoxy groups -OCH3 is 1. The molecule has 7 heteroatoms. The van der Waals surface area contributed by atoms with Gasteiger partial charge in [0.1, 0.15) is 18.1 Å². The number of hydrogen-bond donors (Lipinski definition) is 0. The molecule has 0 aromatic heterocycles. The topological polar surface area (TPSA) is 87.9 Å². The third-order valence-electron chi connectivity index (χ3n) is 3.77. The van der Waals surface area contributed by atoms with E-state index < -0.39 is 10.9 Å². The second kappa shape index (κ2) is 8.84. The van der Waals surface area contributed by atoms with Gasteiger partial charge in [-0.15, -0.1) is 0 Å². The van der Waals surface area contributed by atoms with Crippen LogP contribution in [0.25, 0.3) is 0 Å². The van der Waals surface area contributed by atoms with E-state index in [0.717, 1.165) is 16.9 Å². The molecule has 0 saturated heterocycles. The molecule has 0 atom stereocenters. The summed E-state index contributed by atoms with van der Waals surface area (Å²) < 4.78 is 15.9. The molecule has 26 heavy (non-hydrogen) atoms. The van der Waals surface area contributed by atoms with Crippen LogP contribution in [-0.4, -0.2) is 24.6 Å². The van der Waals surface area contributed by atoms with Crippen LogP contribution in [0.1, 0.15) is 23.1 Å². The van der Waals surface area contributed by atoms with E-state index in [1.165, 1.54) is 25.3 Å². The highest BCUT2D eigenvalue weighted by Crippen LogP contribution is 2.25. The molecule has 0 aliphatic heterocycles. The average Bonchev–Trinajstić information content (AvgIpc) is 2.62. The monoisotopic (exact) mass is 359 g/mol. The van der Waals surface area contributed by atoms with Gasteiger partial charge in [-0.05, 0) is 37.1 Å². The fourth-order valence-electron chi connectivity index (χ4n) is 2.33. The number of nitro groups is 1. The fraction of sp³-hybridized carbons (Fsp3) is 0.316. The number of nitro benzene ring substituents is 1. The van der Waals surface area contributed by atoms with Crippen molar-refractivity contribution in [1.82, 2.24) is 0 Å². The van der Waals surface area contributed by atoms with E-state index >= 15 is 0 Å². The highest BCUT2D eigenvalue weighted by Gasteiger charge is 2.13. The lowest BCUT2D eigenvalue weighted by atomic mass is 10.1. The smallest absolute Gasteiger partial charge is 0.309 e. The van der Waals surface area contributed by atoms with Gasteiger partial charge < -0.3 is 14.2 Å². The highest BCUT2D eigenvalue weighted by molar-refractivity contribution is 5.69. The molecule has 2 aromatic rings. The van der Waals surface area contributed by atoms with Crippen molar-refractivity contribution in [2.75, 3.05) is 13.7 Å². The first-order chi connectivity index (χ1) is 12.4. The first-order valence-electron chi connectivity index (χ1n) is 8.07. The summed E-state index contributed by atoms with van der Waals surface area (Å²) in [6.45, 7) is 3.98. The van der Waals surface area contributed by atoms with Crippen LogP contribution in [0.4, 0.5) is 5.69 Å². The van der Waals surface area contributed by atoms with Crippen LogP contribution in [0.3, 0.4) is 0 Å². The third-order valence-corrected chi connectivity index (χ3v) is 3.77. The van der Waals surface area contributed by atoms with Gasteiger partial charge in [0.15, 0.2) is 0 Å². The predicted molar refractivity (Wildman–Crippen MR) is 95.5 cm³/mol. The van der Waals surface area contributed by atoms with Gasteiger partial charge in [-0.3, -0.25) is 14.9 Å². The van der Waals surface area contributed by atoms with Gasteiger partial charge >= 0.3 is 5.97 Å². The number of esters is 1. The normalized spacial score (nSPS) is 10.3. The minimum Gasteiger partial charge on any atom is -0.496 e. The third kappa shape index (κ3) is 5.20. The molecule has 0 heterocycles. The standard InChI is InChI=1S/C19H21NO6/c1-13-4-5-14(2)18(10-13)25-9-8-19(21)26-12-15-11-16(20(22)23)6-7-17(15)24-3/h4-7,10-11H,8-9,12H2,1-3H3. The Morgan fingerprint density at radius 2 is 1.88 bits per heavy atom. The highest BCUT2D eigenvalue weighted by atomic mass is 16.6. The molecule has 0 amide bonds. The molecule has 0 aliphatic carbocycles. The van der Waals surface area contributed by atoms with Crippen LogP contribution < -0.4 is 9.47 Å². The summed E-state index contributed by atoms with van der Waals surface area (Å²) in [7, 11) is 1.45. The van der Waals surface area contributed by atoms with Gasteiger partial charge in [0.25, 0.3) is 5.69 Å². The van der Waals surface area contributed by atoms with Crippen molar-refractivity contribution in [2.24, 2.45) is 0 Å². The fourth-order valence-corrected chi connectivity index (χ4v) is 2.33. The number of ether oxygens (including phenoxy) is 3. The van der Waals surface area contributed by atoms with Gasteiger partial charge in [0.05, 0.1) is 25.1 Å². The van der Waals surface area contributed by atoms with Gasteiger partial charge in [-0.2, -0.15) is 0 Å². The predicted octanol–water partition coefficient (Wildman–Crippen LogP) is 3.73. The van der Waals surface area contributed by atoms with Gasteiger partial charge in [-0.25, -0.2) is 0 Å². The lowest BCUT2D eigenvalue weighted by Gasteiger charge is -2.11. The Morgan fingerprint density at radius 1 is 1.12 bits per heavy atom. The van der Waals surface area contributed by atoms with Crippen molar-refractivity contribution in [3.8, 4) is 11.5 Å². The molecule has 0 N–H and O–H groups in total. The maximum absolute atomic E-state index is 11.9. The molecule has 0 fully saturated rings. The van der Waals surface area contributed by atoms with E-state index in [4.69, 9.17) is 14.2 Å². The Kier molecular flexibility index (Phi) is 6.54. The van der Waals surface area contributed by atoms with Crippen molar-refractivity contribution in [2.45, 2.75) is 26.9 Å². The first kappa shape index (κ1) is 19.2. The Hall–Kier alpha value is -3.09. The Labute approximate surface area is 151 Å². The molecule has 0 spiro atoms. The minimum atomic E-state index is -0.511. The number of aryl methyl sites for hydroxylation is 2. The lowest BCUT2D eigenvalue weighted by molar-refractivity contribution is -0.385. The van der Waals surface area contributed by atoms with E-state index in [1.807, 2.05) is 32.0 Å². The average molecular weight is 359 g/mol. The Morgan fingerprint density at radius 3 is 2.58 bits per heavy atom. The molecular formula is C19H21NO6. The van der Waals surface area contributed by atoms with E-state index in [-0.39, 0.29) is 25.3 Å². The number of carbonyl (C=O) groups is 1. The molecule has 2 aromatic carbocycles. The zero-order valence-corrected chi connectivity index (χ0v) is 15.0. The maximum atomic E-state index is 11.9. The van der Waals surface area contributed by atoms with Crippen molar-refractivity contribution >= 4 is 11.7 Å². The molecule has 0 aliphatic rings. The molecule has 138 valence electrons. The van der Waals surface area contributed by atoms with E-state index in [9.17, 15) is 14.9 Å². The summed E-state index contributed by atoms with van der Waals surface area (Å²) >= 11 is 0. The second-order valence-corrected chi connectivity index (χ2v) is 5.78. The van der Waals surface area contributed by atoms with Crippen molar-refractivity contribution in [3.63, 3.8) is 0 Å². The second-order valence-electron chi connectivity index (χ2n) is 5.78. The summed E-state index contributed by atoms with van der Waals surface area (Å²) in [6, 6.07) is 10.0. The van der Waals surface area contributed by atoms with Crippen LogP contribution in [-0.2, 0) is 16.1 Å². The Bertz CT molecular complexity index is 803. The number of rotatable bonds is 8. The van der Waals surface area contributed by atoms with Crippen molar-refractivity contribution < 1.29 is 23.9 Å². The lowest BCUT2D eigenvalue weighted by Crippen LogP contribution is -2.11. The largest absolute Gasteiger partial charge is 0.496 e. The molecule has 0 saturated carbocycles. The number of non-ortho nitro benzene ring substituents is 1. The first-order valence-corrected chi connectivity index (χ1v) is 8.07. The number of nitrogens with zero attached hydrogens (tertiary/aromatic N) is 1. The quantitative estimate of drug-likeness (QED) is 0.405. The molecule has 2 rings (SSSR count). The number of hydrogen-bond acceptors (Lipinski definition) is 6. The van der Waals surface area contributed by atoms with E-state index in [2.05, 4.69) is 0 Å². The summed E-state index contributed by atoms with van der Waals surface area (Å²) in [5.41, 5.74) is 2.41. The number of benzene rings is 2. The molecule has 0 bridgehead atoms. The van der Waals surface area contributed by atoms with Crippen LogP contribution in [0.5, 0.6) is 11.5 Å². The summed E-state index contributed by atoms with van der Waals surface area (Å²) in [4.78, 5) is 22.2. The minimum absolute atomic E-state index is 0.0740. The molecule has 0 unspecified atom stereocenters. The Balaban J connectivity index is 1.88. The van der Waals surface area contributed by atoms with Crippen molar-refractivity contribution in [3.05, 3.63) is 63.2 Å². The number of carbonyl (C=O) groups excluding carboxylic acids is 1. The zero-order chi connectivity index (χ0) is 19.1. The van der Waals surface area contributed by atoms with Crippen LogP contribution >= 0.6 is 0 Å². The zero-order valence-electron chi connectivity index (χ0n) is 15.0. The van der Waals surface area contributed by atoms with Crippen molar-refractivity contribution in [1.29, 1.82) is 0 Å². The van der Waals surface area contributed by atoms with Gasteiger partial charge in [-0.1, -0.05) is 12.1 Å². The van der Waals surface area contributed by atoms with Gasteiger partial charge in [0.2, 0.25) is 0 Å². The SMILES string of the molecule is COc1ccc([N+](=O)[O-])cc1COC(=O)CCOc1cc(C)ccc1C. The van der Waals surface area contributed by atoms with Gasteiger partial charge in [0, 0.05) is 17.7 Å². The van der Waals surface area contributed by atoms with Crippen LogP contribution in [0, 0.1) is 24.0 Å². The van der Waals surface area contributed by atoms with Crippen LogP contribution in [0.15, 0.2) is 36.4 Å². The van der Waals surface area contributed by atoms with E-state index in [1.54, 1.807) is 0 Å². The molecule has 0 radical (unpaired) electrons. The van der Waals surface area contributed by atoms with Crippen LogP contribution in [0.2, 0.25) is 0 Å². The van der Waals surface area contributed by atoms with E-state index in [0.29, 0.717) is 11.3 Å². The summed E-state index contributed by atoms with van der Waals surface area (Å²) in [5.74, 6) is 0.706. The molecule has 7 nitrogen and oxygen atoms in total.